The van der Waals surface area contributed by atoms with Crippen molar-refractivity contribution < 1.29 is 13.5 Å². The quantitative estimate of drug-likeness (QED) is 0.786. The van der Waals surface area contributed by atoms with Gasteiger partial charge in [-0.25, -0.2) is 0 Å². The molecule has 0 aliphatic carbocycles. The van der Waals surface area contributed by atoms with Crippen molar-refractivity contribution >= 4 is 0 Å². The third-order valence-corrected chi connectivity index (χ3v) is 1.65. The third kappa shape index (κ3) is 2.66. The smallest absolute Gasteiger partial charge is 0.387 e. The standard InChI is InChI=1S/C9H11F2NO/c1-6-2-3-8(13-9(10)11)7(4-6)5-12/h2-4,9H,5,12H2,1H3. The lowest BCUT2D eigenvalue weighted by molar-refractivity contribution is -0.0504. The molecule has 0 heterocycles. The molecule has 0 saturated carbocycles. The second-order valence-corrected chi connectivity index (χ2v) is 2.69. The maximum atomic E-state index is 11.9. The van der Waals surface area contributed by atoms with Crippen molar-refractivity contribution in [2.24, 2.45) is 5.73 Å². The summed E-state index contributed by atoms with van der Waals surface area (Å²) in [5.41, 5.74) is 6.94. The van der Waals surface area contributed by atoms with Gasteiger partial charge in [0, 0.05) is 12.1 Å². The highest BCUT2D eigenvalue weighted by Crippen LogP contribution is 2.21. The fourth-order valence-corrected chi connectivity index (χ4v) is 1.08. The molecular formula is C9H11F2NO. The van der Waals surface area contributed by atoms with Gasteiger partial charge in [0.25, 0.3) is 0 Å². The van der Waals surface area contributed by atoms with Crippen molar-refractivity contribution in [2.45, 2.75) is 20.1 Å². The van der Waals surface area contributed by atoms with E-state index >= 15 is 0 Å². The molecule has 0 aromatic heterocycles. The first-order valence-electron chi connectivity index (χ1n) is 3.88. The van der Waals surface area contributed by atoms with Crippen molar-refractivity contribution in [1.29, 1.82) is 0 Å². The summed E-state index contributed by atoms with van der Waals surface area (Å²) < 4.78 is 28.0. The van der Waals surface area contributed by atoms with Gasteiger partial charge >= 0.3 is 6.61 Å². The SMILES string of the molecule is Cc1ccc(OC(F)F)c(CN)c1. The number of rotatable bonds is 3. The first-order valence-corrected chi connectivity index (χ1v) is 3.88. The molecular weight excluding hydrogens is 176 g/mol. The minimum absolute atomic E-state index is 0.156. The summed E-state index contributed by atoms with van der Waals surface area (Å²) in [6, 6.07) is 4.94. The van der Waals surface area contributed by atoms with E-state index in [-0.39, 0.29) is 12.3 Å². The minimum atomic E-state index is -2.80. The fourth-order valence-electron chi connectivity index (χ4n) is 1.08. The molecule has 13 heavy (non-hydrogen) atoms. The zero-order valence-corrected chi connectivity index (χ0v) is 7.26. The number of nitrogens with two attached hydrogens (primary N) is 1. The van der Waals surface area contributed by atoms with Crippen LogP contribution in [-0.4, -0.2) is 6.61 Å². The summed E-state index contributed by atoms with van der Waals surface area (Å²) in [6.07, 6.45) is 0. The number of alkyl halides is 2. The van der Waals surface area contributed by atoms with Gasteiger partial charge in [0.2, 0.25) is 0 Å². The maximum Gasteiger partial charge on any atom is 0.387 e. The number of halogens is 2. The molecule has 4 heteroatoms. The van der Waals surface area contributed by atoms with Crippen LogP contribution in [0.4, 0.5) is 8.78 Å². The van der Waals surface area contributed by atoms with Gasteiger partial charge in [0.15, 0.2) is 0 Å². The summed E-state index contributed by atoms with van der Waals surface area (Å²) in [6.45, 7) is -0.734. The Morgan fingerprint density at radius 3 is 2.69 bits per heavy atom. The van der Waals surface area contributed by atoms with E-state index in [1.165, 1.54) is 6.07 Å². The fraction of sp³-hybridized carbons (Fsp3) is 0.333. The lowest BCUT2D eigenvalue weighted by Gasteiger charge is -2.09. The average molecular weight is 187 g/mol. The molecule has 0 spiro atoms. The first-order chi connectivity index (χ1) is 6.13. The van der Waals surface area contributed by atoms with Gasteiger partial charge in [-0.1, -0.05) is 17.7 Å². The van der Waals surface area contributed by atoms with Crippen LogP contribution in [0.2, 0.25) is 0 Å². The monoisotopic (exact) mass is 187 g/mol. The molecule has 0 radical (unpaired) electrons. The molecule has 0 amide bonds. The van der Waals surface area contributed by atoms with Crippen LogP contribution in [0.3, 0.4) is 0 Å². The predicted molar refractivity (Wildman–Crippen MR) is 45.7 cm³/mol. The van der Waals surface area contributed by atoms with Crippen LogP contribution in [-0.2, 0) is 6.54 Å². The van der Waals surface area contributed by atoms with Gasteiger partial charge in [-0.05, 0) is 13.0 Å². The summed E-state index contributed by atoms with van der Waals surface area (Å²) in [5.74, 6) is 0.156. The molecule has 0 fully saturated rings. The molecule has 0 aliphatic rings. The molecule has 1 aromatic rings. The van der Waals surface area contributed by atoms with Crippen molar-refractivity contribution in [3.63, 3.8) is 0 Å². The molecule has 2 N–H and O–H groups in total. The van der Waals surface area contributed by atoms with Gasteiger partial charge < -0.3 is 10.5 Å². The Morgan fingerprint density at radius 2 is 2.15 bits per heavy atom. The number of aryl methyl sites for hydroxylation is 1. The van der Waals surface area contributed by atoms with E-state index in [9.17, 15) is 8.78 Å². The molecule has 2 nitrogen and oxygen atoms in total. The topological polar surface area (TPSA) is 35.2 Å². The Kier molecular flexibility index (Phi) is 3.19. The van der Waals surface area contributed by atoms with E-state index in [0.717, 1.165) is 5.56 Å². The Morgan fingerprint density at radius 1 is 1.46 bits per heavy atom. The van der Waals surface area contributed by atoms with Crippen molar-refractivity contribution in [1.82, 2.24) is 0 Å². The number of benzene rings is 1. The van der Waals surface area contributed by atoms with Gasteiger partial charge in [0.1, 0.15) is 5.75 Å². The Hall–Kier alpha value is -1.16. The van der Waals surface area contributed by atoms with E-state index in [1.54, 1.807) is 12.1 Å². The highest BCUT2D eigenvalue weighted by molar-refractivity contribution is 5.36. The Bertz CT molecular complexity index is 289. The Labute approximate surface area is 75.3 Å². The summed E-state index contributed by atoms with van der Waals surface area (Å²) >= 11 is 0. The van der Waals surface area contributed by atoms with E-state index in [2.05, 4.69) is 4.74 Å². The number of hydrogen-bond donors (Lipinski definition) is 1. The van der Waals surface area contributed by atoms with Crippen molar-refractivity contribution in [3.8, 4) is 5.75 Å². The highest BCUT2D eigenvalue weighted by Gasteiger charge is 2.08. The largest absolute Gasteiger partial charge is 0.434 e. The van der Waals surface area contributed by atoms with Crippen LogP contribution in [0.25, 0.3) is 0 Å². The Balaban J connectivity index is 2.92. The van der Waals surface area contributed by atoms with Crippen molar-refractivity contribution in [3.05, 3.63) is 29.3 Å². The van der Waals surface area contributed by atoms with E-state index in [1.807, 2.05) is 6.92 Å². The zero-order chi connectivity index (χ0) is 9.84. The molecule has 1 rings (SSSR count). The normalized spacial score (nSPS) is 10.5. The molecule has 0 saturated heterocycles. The van der Waals surface area contributed by atoms with Crippen LogP contribution < -0.4 is 10.5 Å². The molecule has 1 aromatic carbocycles. The first kappa shape index (κ1) is 9.92. The summed E-state index contributed by atoms with van der Waals surface area (Å²) in [5, 5.41) is 0. The van der Waals surface area contributed by atoms with Crippen LogP contribution in [0.15, 0.2) is 18.2 Å². The third-order valence-electron chi connectivity index (χ3n) is 1.65. The highest BCUT2D eigenvalue weighted by atomic mass is 19.3. The second-order valence-electron chi connectivity index (χ2n) is 2.69. The average Bonchev–Trinajstić information content (AvgIpc) is 2.07. The number of ether oxygens (including phenoxy) is 1. The van der Waals surface area contributed by atoms with E-state index in [0.29, 0.717) is 5.56 Å². The maximum absolute atomic E-state index is 11.9. The lowest BCUT2D eigenvalue weighted by Crippen LogP contribution is -2.07. The van der Waals surface area contributed by atoms with Crippen LogP contribution in [0, 0.1) is 6.92 Å². The van der Waals surface area contributed by atoms with Gasteiger partial charge in [-0.2, -0.15) is 8.78 Å². The lowest BCUT2D eigenvalue weighted by atomic mass is 10.1. The van der Waals surface area contributed by atoms with Crippen molar-refractivity contribution in [2.75, 3.05) is 0 Å². The van der Waals surface area contributed by atoms with Crippen LogP contribution in [0.1, 0.15) is 11.1 Å². The van der Waals surface area contributed by atoms with Gasteiger partial charge in [-0.15, -0.1) is 0 Å². The van der Waals surface area contributed by atoms with Crippen LogP contribution in [0.5, 0.6) is 5.75 Å². The van der Waals surface area contributed by atoms with Gasteiger partial charge in [-0.3, -0.25) is 0 Å². The summed E-state index contributed by atoms with van der Waals surface area (Å²) in [4.78, 5) is 0. The minimum Gasteiger partial charge on any atom is -0.434 e. The van der Waals surface area contributed by atoms with E-state index in [4.69, 9.17) is 5.73 Å². The predicted octanol–water partition coefficient (Wildman–Crippen LogP) is 2.06. The van der Waals surface area contributed by atoms with E-state index < -0.39 is 6.61 Å². The number of hydrogen-bond acceptors (Lipinski definition) is 2. The molecule has 0 unspecified atom stereocenters. The molecule has 0 bridgehead atoms. The molecule has 0 aliphatic heterocycles. The second kappa shape index (κ2) is 4.18. The van der Waals surface area contributed by atoms with Gasteiger partial charge in [0.05, 0.1) is 0 Å². The van der Waals surface area contributed by atoms with Crippen LogP contribution >= 0.6 is 0 Å². The molecule has 72 valence electrons. The molecule has 0 atom stereocenters. The summed E-state index contributed by atoms with van der Waals surface area (Å²) in [7, 11) is 0. The zero-order valence-electron chi connectivity index (χ0n) is 7.26.